The van der Waals surface area contributed by atoms with Gasteiger partial charge in [-0.25, -0.2) is 14.4 Å². The van der Waals surface area contributed by atoms with Gasteiger partial charge in [-0.3, -0.25) is 0 Å². The van der Waals surface area contributed by atoms with Gasteiger partial charge in [-0.1, -0.05) is 36.4 Å². The summed E-state index contributed by atoms with van der Waals surface area (Å²) >= 11 is 0. The largest absolute Gasteiger partial charge is 0.456 e. The first-order valence-corrected chi connectivity index (χ1v) is 16.2. The average Bonchev–Trinajstić information content (AvgIpc) is 3.68. The van der Waals surface area contributed by atoms with Crippen LogP contribution in [-0.2, 0) is 14.2 Å². The normalized spacial score (nSPS) is 11.6. The second kappa shape index (κ2) is 14.8. The lowest BCUT2D eigenvalue weighted by molar-refractivity contribution is 0.00572. The number of aromatic amines is 2. The van der Waals surface area contributed by atoms with E-state index < -0.39 is 16.8 Å². The van der Waals surface area contributed by atoms with E-state index in [2.05, 4.69) is 9.97 Å². The van der Waals surface area contributed by atoms with Crippen LogP contribution >= 0.6 is 0 Å². The van der Waals surface area contributed by atoms with Crippen LogP contribution in [0.3, 0.4) is 0 Å². The Balaban J connectivity index is 0.000000166. The number of fused-ring (bicyclic) bond motifs is 3. The zero-order valence-corrected chi connectivity index (χ0v) is 29.8. The summed E-state index contributed by atoms with van der Waals surface area (Å²) < 4.78 is 15.9. The average molecular weight is 663 g/mol. The molecule has 0 amide bonds. The van der Waals surface area contributed by atoms with E-state index in [1.165, 1.54) is 0 Å². The molecule has 256 valence electrons. The molecule has 2 heterocycles. The highest BCUT2D eigenvalue weighted by atomic mass is 16.6. The minimum atomic E-state index is -0.457. The summed E-state index contributed by atoms with van der Waals surface area (Å²) in [7, 11) is 0. The van der Waals surface area contributed by atoms with Crippen molar-refractivity contribution in [3.05, 3.63) is 120 Å². The first kappa shape index (κ1) is 36.5. The van der Waals surface area contributed by atoms with Crippen molar-refractivity contribution in [2.75, 3.05) is 0 Å². The molecule has 4 aromatic carbocycles. The van der Waals surface area contributed by atoms with Gasteiger partial charge in [-0.2, -0.15) is 0 Å². The van der Waals surface area contributed by atoms with Crippen LogP contribution in [0.5, 0.6) is 0 Å². The monoisotopic (exact) mass is 662 g/mol. The molecule has 49 heavy (non-hydrogen) atoms. The molecule has 0 aliphatic heterocycles. The fraction of sp³-hybridized carbons (Fsp3) is 0.293. The first-order valence-electron chi connectivity index (χ1n) is 16.2. The molecule has 6 rings (SSSR count). The summed E-state index contributed by atoms with van der Waals surface area (Å²) in [6, 6.07) is 28.4. The van der Waals surface area contributed by atoms with E-state index in [1.807, 2.05) is 148 Å². The molecule has 0 aliphatic carbocycles. The third-order valence-electron chi connectivity index (χ3n) is 6.76. The van der Waals surface area contributed by atoms with Gasteiger partial charge in [0.25, 0.3) is 0 Å². The highest BCUT2D eigenvalue weighted by Crippen LogP contribution is 2.20. The summed E-state index contributed by atoms with van der Waals surface area (Å²) in [5.41, 5.74) is 2.36. The molecule has 8 heteroatoms. The van der Waals surface area contributed by atoms with Gasteiger partial charge in [0.15, 0.2) is 0 Å². The summed E-state index contributed by atoms with van der Waals surface area (Å²) in [4.78, 5) is 41.6. The third kappa shape index (κ3) is 11.1. The number of hydrogen-bond donors (Lipinski definition) is 2. The van der Waals surface area contributed by atoms with Crippen LogP contribution in [0.15, 0.2) is 103 Å². The Labute approximate surface area is 287 Å². The van der Waals surface area contributed by atoms with Crippen molar-refractivity contribution in [1.82, 2.24) is 9.97 Å². The second-order valence-corrected chi connectivity index (χ2v) is 14.6. The Hall–Kier alpha value is -5.37. The van der Waals surface area contributed by atoms with Crippen LogP contribution in [0.25, 0.3) is 32.6 Å². The van der Waals surface area contributed by atoms with E-state index in [1.54, 1.807) is 18.2 Å². The molecule has 2 N–H and O–H groups in total. The Bertz CT molecular complexity index is 1970. The molecule has 0 saturated carbocycles. The fourth-order valence-electron chi connectivity index (χ4n) is 4.68. The third-order valence-corrected chi connectivity index (χ3v) is 6.76. The molecule has 6 aromatic rings. The predicted molar refractivity (Wildman–Crippen MR) is 196 cm³/mol. The molecular formula is C41H46N2O6. The molecule has 0 unspecified atom stereocenters. The van der Waals surface area contributed by atoms with E-state index in [4.69, 9.17) is 14.2 Å². The minimum absolute atomic E-state index is 0.275. The van der Waals surface area contributed by atoms with Crippen molar-refractivity contribution >= 4 is 50.5 Å². The van der Waals surface area contributed by atoms with E-state index in [9.17, 15) is 14.4 Å². The summed E-state index contributed by atoms with van der Waals surface area (Å²) in [6.07, 6.45) is 3.70. The van der Waals surface area contributed by atoms with Crippen LogP contribution in [0, 0.1) is 0 Å². The van der Waals surface area contributed by atoms with E-state index in [-0.39, 0.29) is 17.9 Å². The van der Waals surface area contributed by atoms with Gasteiger partial charge in [0.1, 0.15) is 16.8 Å². The standard InChI is InChI=1S/C15H16O2.2C13H15NO2/c1-15(2,3)17-14(16)13-9-8-11-6-4-5-7-12(11)10-13;1-13(2,3)16-12(15)10-4-5-11-9(8-10)6-7-14-11;1-13(2,3)16-12(15)10-5-4-9-6-7-14-11(9)8-10/h4-10H,1-3H3;2*4-8,14H,1-3H3. The van der Waals surface area contributed by atoms with Gasteiger partial charge in [0.05, 0.1) is 16.7 Å². The maximum Gasteiger partial charge on any atom is 0.338 e. The van der Waals surface area contributed by atoms with Crippen LogP contribution in [-0.4, -0.2) is 44.7 Å². The van der Waals surface area contributed by atoms with Crippen molar-refractivity contribution < 1.29 is 28.6 Å². The van der Waals surface area contributed by atoms with E-state index in [0.29, 0.717) is 16.7 Å². The number of H-pyrrole nitrogens is 2. The Morgan fingerprint density at radius 3 is 1.37 bits per heavy atom. The van der Waals surface area contributed by atoms with E-state index >= 15 is 0 Å². The number of rotatable bonds is 3. The van der Waals surface area contributed by atoms with Gasteiger partial charge in [-0.15, -0.1) is 0 Å². The van der Waals surface area contributed by atoms with Gasteiger partial charge < -0.3 is 24.2 Å². The molecule has 0 atom stereocenters. The minimum Gasteiger partial charge on any atom is -0.456 e. The van der Waals surface area contributed by atoms with Gasteiger partial charge in [0.2, 0.25) is 0 Å². The van der Waals surface area contributed by atoms with Crippen molar-refractivity contribution in [1.29, 1.82) is 0 Å². The number of benzene rings is 4. The lowest BCUT2D eigenvalue weighted by atomic mass is 10.1. The predicted octanol–water partition coefficient (Wildman–Crippen LogP) is 10.0. The molecule has 0 saturated heterocycles. The number of carbonyl (C=O) groups is 3. The molecule has 8 nitrogen and oxygen atoms in total. The lowest BCUT2D eigenvalue weighted by Gasteiger charge is -2.19. The molecule has 2 aromatic heterocycles. The van der Waals surface area contributed by atoms with Crippen molar-refractivity contribution in [3.63, 3.8) is 0 Å². The first-order chi connectivity index (χ1) is 22.9. The molecule has 0 spiro atoms. The zero-order valence-electron chi connectivity index (χ0n) is 29.8. The second-order valence-electron chi connectivity index (χ2n) is 14.6. The smallest absolute Gasteiger partial charge is 0.338 e. The number of ether oxygens (including phenoxy) is 3. The molecular weight excluding hydrogens is 616 g/mol. The lowest BCUT2D eigenvalue weighted by Crippen LogP contribution is -2.23. The fourth-order valence-corrected chi connectivity index (χ4v) is 4.68. The highest BCUT2D eigenvalue weighted by molar-refractivity contribution is 5.96. The highest BCUT2D eigenvalue weighted by Gasteiger charge is 2.20. The quantitative estimate of drug-likeness (QED) is 0.144. The number of esters is 3. The summed E-state index contributed by atoms with van der Waals surface area (Å²) in [5, 5.41) is 4.28. The number of carbonyl (C=O) groups excluding carboxylic acids is 3. The van der Waals surface area contributed by atoms with E-state index in [0.717, 1.165) is 32.6 Å². The van der Waals surface area contributed by atoms with Crippen LogP contribution in [0.4, 0.5) is 0 Å². The van der Waals surface area contributed by atoms with Crippen LogP contribution in [0.2, 0.25) is 0 Å². The Kier molecular flexibility index (Phi) is 11.0. The number of aromatic nitrogens is 2. The summed E-state index contributed by atoms with van der Waals surface area (Å²) in [6.45, 7) is 16.8. The number of hydrogen-bond acceptors (Lipinski definition) is 6. The van der Waals surface area contributed by atoms with Gasteiger partial charge in [-0.05, 0) is 133 Å². The molecule has 0 bridgehead atoms. The maximum atomic E-state index is 11.9. The van der Waals surface area contributed by atoms with Crippen LogP contribution in [0.1, 0.15) is 93.4 Å². The van der Waals surface area contributed by atoms with Gasteiger partial charge in [0, 0.05) is 28.8 Å². The van der Waals surface area contributed by atoms with Crippen molar-refractivity contribution in [2.24, 2.45) is 0 Å². The topological polar surface area (TPSA) is 110 Å². The van der Waals surface area contributed by atoms with Crippen molar-refractivity contribution in [3.8, 4) is 0 Å². The SMILES string of the molecule is CC(C)(C)OC(=O)c1ccc2[nH]ccc2c1.CC(C)(C)OC(=O)c1ccc2cc[nH]c2c1.CC(C)(C)OC(=O)c1ccc2ccccc2c1. The summed E-state index contributed by atoms with van der Waals surface area (Å²) in [5.74, 6) is -0.845. The number of nitrogens with one attached hydrogen (secondary N) is 2. The Morgan fingerprint density at radius 1 is 0.429 bits per heavy atom. The molecule has 0 fully saturated rings. The molecule has 0 aliphatic rings. The van der Waals surface area contributed by atoms with Gasteiger partial charge >= 0.3 is 17.9 Å². The Morgan fingerprint density at radius 2 is 0.837 bits per heavy atom. The maximum absolute atomic E-state index is 11.9. The van der Waals surface area contributed by atoms with Crippen molar-refractivity contribution in [2.45, 2.75) is 79.1 Å². The molecule has 0 radical (unpaired) electrons. The van der Waals surface area contributed by atoms with Crippen LogP contribution < -0.4 is 0 Å². The zero-order chi connectivity index (χ0) is 36.0.